The Hall–Kier alpha value is -2.03. The van der Waals surface area contributed by atoms with Gasteiger partial charge in [-0.15, -0.1) is 0 Å². The Morgan fingerprint density at radius 2 is 2.00 bits per heavy atom. The molecule has 3 rings (SSSR count). The highest BCUT2D eigenvalue weighted by Crippen LogP contribution is 2.32. The van der Waals surface area contributed by atoms with E-state index in [1.807, 2.05) is 18.2 Å². The van der Waals surface area contributed by atoms with Crippen LogP contribution in [0.25, 0.3) is 0 Å². The number of benzene rings is 2. The molecule has 0 fully saturated rings. The van der Waals surface area contributed by atoms with Crippen molar-refractivity contribution in [2.45, 2.75) is 19.4 Å². The molecule has 0 bridgehead atoms. The van der Waals surface area contributed by atoms with Crippen molar-refractivity contribution in [3.8, 4) is 5.75 Å². The summed E-state index contributed by atoms with van der Waals surface area (Å²) in [6.45, 7) is 1.22. The minimum atomic E-state index is -0.222. The fourth-order valence-electron chi connectivity index (χ4n) is 2.37. The van der Waals surface area contributed by atoms with Gasteiger partial charge in [-0.05, 0) is 30.5 Å². The number of nitrogens with one attached hydrogen (secondary N) is 1. The molecule has 0 saturated carbocycles. The van der Waals surface area contributed by atoms with Crippen LogP contribution in [0.15, 0.2) is 42.5 Å². The summed E-state index contributed by atoms with van der Waals surface area (Å²) in [6, 6.07) is 12.7. The minimum absolute atomic E-state index is 0.222. The van der Waals surface area contributed by atoms with Crippen LogP contribution in [0.4, 0.5) is 10.1 Å². The Morgan fingerprint density at radius 3 is 2.89 bits per heavy atom. The third kappa shape index (κ3) is 2.55. The van der Waals surface area contributed by atoms with Gasteiger partial charge in [-0.3, -0.25) is 0 Å². The number of aryl methyl sites for hydroxylation is 1. The van der Waals surface area contributed by atoms with E-state index in [0.29, 0.717) is 5.56 Å². The number of fused-ring (bicyclic) bond motifs is 1. The number of hydrogen-bond donors (Lipinski definition) is 1. The van der Waals surface area contributed by atoms with E-state index < -0.39 is 0 Å². The highest BCUT2D eigenvalue weighted by molar-refractivity contribution is 5.63. The van der Waals surface area contributed by atoms with E-state index in [2.05, 4.69) is 11.4 Å². The van der Waals surface area contributed by atoms with Gasteiger partial charge in [0.25, 0.3) is 0 Å². The maximum absolute atomic E-state index is 13.5. The van der Waals surface area contributed by atoms with Crippen LogP contribution >= 0.6 is 0 Å². The lowest BCUT2D eigenvalue weighted by molar-refractivity contribution is 0.300. The van der Waals surface area contributed by atoms with E-state index in [1.54, 1.807) is 12.1 Å². The molecule has 2 aromatic rings. The fourth-order valence-corrected chi connectivity index (χ4v) is 2.37. The molecule has 0 saturated heterocycles. The van der Waals surface area contributed by atoms with Crippen LogP contribution in [0.3, 0.4) is 0 Å². The lowest BCUT2D eigenvalue weighted by atomic mass is 10.0. The monoisotopic (exact) mass is 257 g/mol. The first-order valence-electron chi connectivity index (χ1n) is 6.56. The van der Waals surface area contributed by atoms with Crippen LogP contribution in [0, 0.1) is 5.82 Å². The van der Waals surface area contributed by atoms with E-state index in [1.165, 1.54) is 11.6 Å². The number of anilines is 1. The number of halogens is 1. The minimum Gasteiger partial charge on any atom is -0.487 e. The van der Waals surface area contributed by atoms with Gasteiger partial charge in [0, 0.05) is 12.1 Å². The van der Waals surface area contributed by atoms with Crippen LogP contribution in [0.5, 0.6) is 5.75 Å². The maximum Gasteiger partial charge on any atom is 0.143 e. The van der Waals surface area contributed by atoms with Crippen molar-refractivity contribution in [2.24, 2.45) is 0 Å². The van der Waals surface area contributed by atoms with Gasteiger partial charge in [0.2, 0.25) is 0 Å². The molecule has 0 aromatic heterocycles. The quantitative estimate of drug-likeness (QED) is 0.904. The Bertz CT molecular complexity index is 583. The molecule has 19 heavy (non-hydrogen) atoms. The van der Waals surface area contributed by atoms with E-state index in [0.717, 1.165) is 30.8 Å². The van der Waals surface area contributed by atoms with Crippen molar-refractivity contribution in [1.82, 2.24) is 0 Å². The van der Waals surface area contributed by atoms with Gasteiger partial charge in [0.1, 0.15) is 18.2 Å². The molecule has 2 nitrogen and oxygen atoms in total. The molecule has 1 aliphatic heterocycles. The van der Waals surface area contributed by atoms with E-state index in [9.17, 15) is 4.39 Å². The predicted molar refractivity (Wildman–Crippen MR) is 74.0 cm³/mol. The summed E-state index contributed by atoms with van der Waals surface area (Å²) in [7, 11) is 0. The maximum atomic E-state index is 13.5. The van der Waals surface area contributed by atoms with Crippen LogP contribution in [0.1, 0.15) is 17.5 Å². The standard InChI is InChI=1S/C16H16FNO/c17-14-8-2-1-5-13(14)11-19-15-9-3-6-12-7-4-10-18-16(12)15/h1-3,5-6,8-9,18H,4,7,10-11H2. The molecule has 1 N–H and O–H groups in total. The van der Waals surface area contributed by atoms with E-state index in [4.69, 9.17) is 4.74 Å². The molecule has 98 valence electrons. The first kappa shape index (κ1) is 12.0. The topological polar surface area (TPSA) is 21.3 Å². The second-order valence-electron chi connectivity index (χ2n) is 4.70. The van der Waals surface area contributed by atoms with Crippen LogP contribution < -0.4 is 10.1 Å². The lowest BCUT2D eigenvalue weighted by Gasteiger charge is -2.21. The highest BCUT2D eigenvalue weighted by Gasteiger charge is 2.13. The largest absolute Gasteiger partial charge is 0.487 e. The van der Waals surface area contributed by atoms with Crippen LogP contribution in [0.2, 0.25) is 0 Å². The van der Waals surface area contributed by atoms with E-state index >= 15 is 0 Å². The molecule has 1 aliphatic rings. The number of para-hydroxylation sites is 1. The van der Waals surface area contributed by atoms with Crippen LogP contribution in [-0.4, -0.2) is 6.54 Å². The summed E-state index contributed by atoms with van der Waals surface area (Å²) in [5.41, 5.74) is 2.92. The van der Waals surface area contributed by atoms with E-state index in [-0.39, 0.29) is 12.4 Å². The van der Waals surface area contributed by atoms with Crippen molar-refractivity contribution in [2.75, 3.05) is 11.9 Å². The lowest BCUT2D eigenvalue weighted by Crippen LogP contribution is -2.13. The smallest absolute Gasteiger partial charge is 0.143 e. The molecule has 2 aromatic carbocycles. The summed E-state index contributed by atoms with van der Waals surface area (Å²) < 4.78 is 19.3. The third-order valence-electron chi connectivity index (χ3n) is 3.38. The molecular weight excluding hydrogens is 241 g/mol. The van der Waals surface area contributed by atoms with Crippen molar-refractivity contribution in [3.05, 3.63) is 59.4 Å². The van der Waals surface area contributed by atoms with Crippen molar-refractivity contribution in [3.63, 3.8) is 0 Å². The zero-order valence-electron chi connectivity index (χ0n) is 10.7. The van der Waals surface area contributed by atoms with Gasteiger partial charge in [0.05, 0.1) is 5.69 Å². The molecule has 0 radical (unpaired) electrons. The van der Waals surface area contributed by atoms with Gasteiger partial charge in [-0.2, -0.15) is 0 Å². The van der Waals surface area contributed by atoms with Crippen molar-refractivity contribution >= 4 is 5.69 Å². The Morgan fingerprint density at radius 1 is 1.11 bits per heavy atom. The van der Waals surface area contributed by atoms with Crippen molar-refractivity contribution in [1.29, 1.82) is 0 Å². The SMILES string of the molecule is Fc1ccccc1COc1cccc2c1NCCC2. The summed E-state index contributed by atoms with van der Waals surface area (Å²) >= 11 is 0. The summed E-state index contributed by atoms with van der Waals surface area (Å²) in [4.78, 5) is 0. The van der Waals surface area contributed by atoms with Crippen LogP contribution in [-0.2, 0) is 13.0 Å². The molecule has 3 heteroatoms. The predicted octanol–water partition coefficient (Wildman–Crippen LogP) is 3.76. The number of rotatable bonds is 3. The Balaban J connectivity index is 1.79. The number of hydrogen-bond acceptors (Lipinski definition) is 2. The van der Waals surface area contributed by atoms with Gasteiger partial charge in [-0.25, -0.2) is 4.39 Å². The normalized spacial score (nSPS) is 13.5. The second kappa shape index (κ2) is 5.31. The van der Waals surface area contributed by atoms with Gasteiger partial charge >= 0.3 is 0 Å². The summed E-state index contributed by atoms with van der Waals surface area (Å²) in [6.07, 6.45) is 2.21. The first-order chi connectivity index (χ1) is 9.34. The average molecular weight is 257 g/mol. The molecule has 0 atom stereocenters. The van der Waals surface area contributed by atoms with Gasteiger partial charge in [0.15, 0.2) is 0 Å². The molecule has 0 unspecified atom stereocenters. The van der Waals surface area contributed by atoms with Gasteiger partial charge in [-0.1, -0.05) is 30.3 Å². The highest BCUT2D eigenvalue weighted by atomic mass is 19.1. The Labute approximate surface area is 112 Å². The Kier molecular flexibility index (Phi) is 3.36. The molecule has 0 spiro atoms. The molecular formula is C16H16FNO. The van der Waals surface area contributed by atoms with Crippen molar-refractivity contribution < 1.29 is 9.13 Å². The second-order valence-corrected chi connectivity index (χ2v) is 4.70. The zero-order chi connectivity index (χ0) is 13.1. The molecule has 0 amide bonds. The first-order valence-corrected chi connectivity index (χ1v) is 6.56. The average Bonchev–Trinajstić information content (AvgIpc) is 2.46. The summed E-state index contributed by atoms with van der Waals surface area (Å²) in [5, 5.41) is 3.36. The number of ether oxygens (including phenoxy) is 1. The zero-order valence-corrected chi connectivity index (χ0v) is 10.7. The molecule has 1 heterocycles. The molecule has 0 aliphatic carbocycles. The van der Waals surface area contributed by atoms with Gasteiger partial charge < -0.3 is 10.1 Å². The third-order valence-corrected chi connectivity index (χ3v) is 3.38. The fraction of sp³-hybridized carbons (Fsp3) is 0.250. The summed E-state index contributed by atoms with van der Waals surface area (Å²) in [5.74, 6) is 0.584.